The van der Waals surface area contributed by atoms with Crippen LogP contribution in [0.15, 0.2) is 6.20 Å². The highest BCUT2D eigenvalue weighted by molar-refractivity contribution is 5.89. The molecule has 1 aromatic rings. The van der Waals surface area contributed by atoms with Crippen LogP contribution in [-0.4, -0.2) is 62.6 Å². The van der Waals surface area contributed by atoms with Gasteiger partial charge in [0.05, 0.1) is 11.8 Å². The fraction of sp³-hybridized carbons (Fsp3) is 0.778. The Morgan fingerprint density at radius 1 is 1.31 bits per heavy atom. The summed E-state index contributed by atoms with van der Waals surface area (Å²) in [7, 11) is 1.54. The Hall–Kier alpha value is -1.96. The number of β-amino-alcohol motifs (C(OH)–C–C–N with tert-alkyl or cyclic N) is 1. The summed E-state index contributed by atoms with van der Waals surface area (Å²) in [6.07, 6.45) is 6.14. The molecule has 3 atom stereocenters. The zero-order chi connectivity index (χ0) is 18.8. The molecule has 2 fully saturated rings. The lowest BCUT2D eigenvalue weighted by molar-refractivity contribution is -0.142. The number of aliphatic hydroxyl groups is 1. The first-order valence-electron chi connectivity index (χ1n) is 9.54. The molecular weight excluding hydrogens is 334 g/mol. The van der Waals surface area contributed by atoms with Crippen LogP contribution in [0.1, 0.15) is 63.6 Å². The van der Waals surface area contributed by atoms with Crippen molar-refractivity contribution in [2.24, 2.45) is 5.92 Å². The molecule has 8 heteroatoms. The normalized spacial score (nSPS) is 25.0. The van der Waals surface area contributed by atoms with Crippen LogP contribution in [-0.2, 0) is 9.59 Å². The first-order valence-corrected chi connectivity index (χ1v) is 9.54. The van der Waals surface area contributed by atoms with Crippen molar-refractivity contribution in [1.29, 1.82) is 0 Å². The van der Waals surface area contributed by atoms with E-state index >= 15 is 0 Å². The Labute approximate surface area is 153 Å². The van der Waals surface area contributed by atoms with Gasteiger partial charge in [-0.15, -0.1) is 5.10 Å². The number of aliphatic hydroxyl groups excluding tert-OH is 1. The lowest BCUT2D eigenvalue weighted by atomic mass is 10.0. The summed E-state index contributed by atoms with van der Waals surface area (Å²) in [5.74, 6) is -0.0155. The van der Waals surface area contributed by atoms with Crippen molar-refractivity contribution < 1.29 is 14.7 Å². The lowest BCUT2D eigenvalue weighted by Gasteiger charge is -2.29. The van der Waals surface area contributed by atoms with Gasteiger partial charge in [-0.3, -0.25) is 9.59 Å². The van der Waals surface area contributed by atoms with Crippen LogP contribution in [0.3, 0.4) is 0 Å². The van der Waals surface area contributed by atoms with Crippen LogP contribution < -0.4 is 5.32 Å². The fourth-order valence-corrected chi connectivity index (χ4v) is 4.18. The molecule has 1 aliphatic heterocycles. The molecule has 1 saturated heterocycles. The van der Waals surface area contributed by atoms with Crippen molar-refractivity contribution in [2.45, 2.75) is 70.1 Å². The van der Waals surface area contributed by atoms with E-state index in [2.05, 4.69) is 15.6 Å². The fourth-order valence-electron chi connectivity index (χ4n) is 4.18. The maximum absolute atomic E-state index is 13.2. The zero-order valence-corrected chi connectivity index (χ0v) is 15.8. The van der Waals surface area contributed by atoms with E-state index in [1.54, 1.807) is 11.7 Å². The average Bonchev–Trinajstić information content (AvgIpc) is 3.33. The Morgan fingerprint density at radius 3 is 2.62 bits per heavy atom. The summed E-state index contributed by atoms with van der Waals surface area (Å²) < 4.78 is 1.65. The average molecular weight is 363 g/mol. The highest BCUT2D eigenvalue weighted by Gasteiger charge is 2.42. The predicted octanol–water partition coefficient (Wildman–Crippen LogP) is 0.841. The van der Waals surface area contributed by atoms with Crippen molar-refractivity contribution in [3.63, 3.8) is 0 Å². The van der Waals surface area contributed by atoms with Crippen molar-refractivity contribution in [3.8, 4) is 0 Å². The number of nitrogens with zero attached hydrogens (tertiary/aromatic N) is 4. The number of likely N-dealkylation sites (tertiary alicyclic amines) is 1. The minimum atomic E-state index is -0.682. The molecule has 26 heavy (non-hydrogen) atoms. The van der Waals surface area contributed by atoms with E-state index in [0.717, 1.165) is 18.5 Å². The van der Waals surface area contributed by atoms with Gasteiger partial charge in [-0.05, 0) is 18.8 Å². The smallest absolute Gasteiger partial charge is 0.248 e. The number of aromatic nitrogens is 3. The van der Waals surface area contributed by atoms with Crippen molar-refractivity contribution in [1.82, 2.24) is 25.2 Å². The van der Waals surface area contributed by atoms with Gasteiger partial charge in [0.1, 0.15) is 12.1 Å². The van der Waals surface area contributed by atoms with Crippen LogP contribution in [0.5, 0.6) is 0 Å². The highest BCUT2D eigenvalue weighted by Crippen LogP contribution is 2.33. The Bertz CT molecular complexity index is 653. The summed E-state index contributed by atoms with van der Waals surface area (Å²) in [6, 6.07) is -1.17. The Morgan fingerprint density at radius 2 is 2.00 bits per heavy atom. The maximum Gasteiger partial charge on any atom is 0.248 e. The molecule has 8 nitrogen and oxygen atoms in total. The van der Waals surface area contributed by atoms with Gasteiger partial charge in [-0.1, -0.05) is 31.9 Å². The predicted molar refractivity (Wildman–Crippen MR) is 95.3 cm³/mol. The monoisotopic (exact) mass is 363 g/mol. The summed E-state index contributed by atoms with van der Waals surface area (Å²) in [6.45, 7) is 4.09. The van der Waals surface area contributed by atoms with Gasteiger partial charge in [-0.2, -0.15) is 0 Å². The minimum absolute atomic E-state index is 0.0105. The molecular formula is C18H29N5O3. The first kappa shape index (κ1) is 18.8. The van der Waals surface area contributed by atoms with Crippen LogP contribution in [0.2, 0.25) is 0 Å². The third kappa shape index (κ3) is 3.60. The number of hydrogen-bond donors (Lipinski definition) is 2. The summed E-state index contributed by atoms with van der Waals surface area (Å²) in [5, 5.41) is 21.1. The van der Waals surface area contributed by atoms with E-state index in [0.29, 0.717) is 5.92 Å². The van der Waals surface area contributed by atoms with Gasteiger partial charge in [0, 0.05) is 32.1 Å². The largest absolute Gasteiger partial charge is 0.391 e. The minimum Gasteiger partial charge on any atom is -0.391 e. The molecule has 0 bridgehead atoms. The van der Waals surface area contributed by atoms with Crippen molar-refractivity contribution in [3.05, 3.63) is 11.9 Å². The molecule has 3 rings (SSSR count). The third-order valence-corrected chi connectivity index (χ3v) is 5.58. The molecule has 2 amide bonds. The number of rotatable bonds is 5. The molecule has 1 saturated carbocycles. The molecule has 0 unspecified atom stereocenters. The molecule has 0 radical (unpaired) electrons. The van der Waals surface area contributed by atoms with Crippen molar-refractivity contribution in [2.75, 3.05) is 13.6 Å². The maximum atomic E-state index is 13.2. The molecule has 2 aliphatic rings. The van der Waals surface area contributed by atoms with Crippen molar-refractivity contribution >= 4 is 11.8 Å². The van der Waals surface area contributed by atoms with Gasteiger partial charge in [-0.25, -0.2) is 4.68 Å². The molecule has 1 aliphatic carbocycles. The summed E-state index contributed by atoms with van der Waals surface area (Å²) >= 11 is 0. The van der Waals surface area contributed by atoms with Crippen LogP contribution in [0, 0.1) is 5.92 Å². The highest BCUT2D eigenvalue weighted by atomic mass is 16.3. The second kappa shape index (κ2) is 7.73. The summed E-state index contributed by atoms with van der Waals surface area (Å²) in [5.41, 5.74) is 0.949. The van der Waals surface area contributed by atoms with E-state index < -0.39 is 18.2 Å². The van der Waals surface area contributed by atoms with Gasteiger partial charge in [0.2, 0.25) is 11.8 Å². The van der Waals surface area contributed by atoms with E-state index in [9.17, 15) is 14.7 Å². The molecule has 144 valence electrons. The van der Waals surface area contributed by atoms with Gasteiger partial charge in [0.25, 0.3) is 0 Å². The quantitative estimate of drug-likeness (QED) is 0.807. The number of hydrogen-bond acceptors (Lipinski definition) is 5. The SMILES string of the molecule is CNC(=O)[C@@H]1C[C@@H](O)CN1C(=O)[C@H](C(C)C)n1cc(C2CCCC2)nn1. The second-order valence-corrected chi connectivity index (χ2v) is 7.80. The second-order valence-electron chi connectivity index (χ2n) is 7.80. The third-order valence-electron chi connectivity index (χ3n) is 5.58. The number of carbonyl (C=O) groups excluding carboxylic acids is 2. The topological polar surface area (TPSA) is 100 Å². The molecule has 2 N–H and O–H groups in total. The zero-order valence-electron chi connectivity index (χ0n) is 15.8. The number of likely N-dealkylation sites (N-methyl/N-ethyl adjacent to an activating group) is 1. The molecule has 0 spiro atoms. The number of carbonyl (C=O) groups is 2. The number of nitrogens with one attached hydrogen (secondary N) is 1. The first-order chi connectivity index (χ1) is 12.4. The van der Waals surface area contributed by atoms with E-state index in [4.69, 9.17) is 0 Å². The van der Waals surface area contributed by atoms with Crippen LogP contribution in [0.25, 0.3) is 0 Å². The van der Waals surface area contributed by atoms with E-state index in [-0.39, 0.29) is 30.7 Å². The van der Waals surface area contributed by atoms with Crippen LogP contribution >= 0.6 is 0 Å². The Kier molecular flexibility index (Phi) is 5.60. The molecule has 2 heterocycles. The van der Waals surface area contributed by atoms with Crippen LogP contribution in [0.4, 0.5) is 0 Å². The standard InChI is InChI=1S/C18H29N5O3/c1-11(2)16(23-10-14(20-21-23)12-6-4-5-7-12)18(26)22-9-13(24)8-15(22)17(25)19-3/h10-13,15-16,24H,4-9H2,1-3H3,(H,19,25)/t13-,15+,16+/m1/s1. The number of amides is 2. The van der Waals surface area contributed by atoms with Gasteiger partial charge in [0.15, 0.2) is 0 Å². The van der Waals surface area contributed by atoms with E-state index in [1.165, 1.54) is 17.7 Å². The van der Waals surface area contributed by atoms with E-state index in [1.807, 2.05) is 20.0 Å². The molecule has 1 aromatic heterocycles. The van der Waals surface area contributed by atoms with Gasteiger partial charge >= 0.3 is 0 Å². The Balaban J connectivity index is 1.83. The lowest BCUT2D eigenvalue weighted by Crippen LogP contribution is -2.48. The summed E-state index contributed by atoms with van der Waals surface area (Å²) in [4.78, 5) is 26.9. The van der Waals surface area contributed by atoms with Gasteiger partial charge < -0.3 is 15.3 Å². The molecule has 0 aromatic carbocycles.